The van der Waals surface area contributed by atoms with Crippen LogP contribution in [0.1, 0.15) is 55.3 Å². The largest absolute Gasteiger partial charge is 0.481 e. The molecule has 0 saturated carbocycles. The van der Waals surface area contributed by atoms with E-state index in [1.807, 2.05) is 0 Å². The van der Waals surface area contributed by atoms with E-state index >= 15 is 0 Å². The number of ether oxygens (including phenoxy) is 9. The van der Waals surface area contributed by atoms with E-state index in [9.17, 15) is 24.0 Å². The van der Waals surface area contributed by atoms with E-state index in [1.54, 1.807) is 30.3 Å². The Morgan fingerprint density at radius 2 is 1.35 bits per heavy atom. The first-order valence-corrected chi connectivity index (χ1v) is 14.7. The highest BCUT2D eigenvalue weighted by molar-refractivity contribution is 5.92. The average Bonchev–Trinajstić information content (AvgIpc) is 3.01. The molecule has 14 nitrogen and oxygen atoms in total. The highest BCUT2D eigenvalue weighted by Gasteiger charge is 2.37. The minimum Gasteiger partial charge on any atom is -0.481 e. The minimum absolute atomic E-state index is 0.0111. The third-order valence-corrected chi connectivity index (χ3v) is 6.52. The molecule has 0 radical (unpaired) electrons. The normalized spacial score (nSPS) is 14.9. The van der Waals surface area contributed by atoms with Crippen LogP contribution in [0, 0.1) is 0 Å². The van der Waals surface area contributed by atoms with Gasteiger partial charge < -0.3 is 42.6 Å². The number of hydrogen-bond acceptors (Lipinski definition) is 14. The molecule has 3 aromatic rings. The standard InChI is InChI=1S/C34H34O14/c1-19(35)43-25-15-27(44-20(2)36)26-17-31(32(47-28(26)16-25)23-9-7-6-8-10-23)48-34(39)24-13-29(45-21(3)37)33(30(14-24)46-22(4)38)42-18-41-12-11-40-5/h6-10,13-16,31-32H,11-12,17-18H2,1-5H3/t31-,32-/m1/s1. The van der Waals surface area contributed by atoms with Crippen LogP contribution in [0.15, 0.2) is 54.6 Å². The fraction of sp³-hybridized carbons (Fsp3) is 0.324. The van der Waals surface area contributed by atoms with Crippen molar-refractivity contribution in [2.75, 3.05) is 27.1 Å². The molecule has 0 amide bonds. The Hall–Kier alpha value is -5.47. The first kappa shape index (κ1) is 35.4. The fourth-order valence-electron chi connectivity index (χ4n) is 4.73. The van der Waals surface area contributed by atoms with Crippen LogP contribution in [0.2, 0.25) is 0 Å². The highest BCUT2D eigenvalue weighted by atomic mass is 16.7. The molecular formula is C34H34O14. The number of carbonyl (C=O) groups excluding carboxylic acids is 5. The van der Waals surface area contributed by atoms with E-state index in [-0.39, 0.29) is 66.5 Å². The molecule has 14 heteroatoms. The van der Waals surface area contributed by atoms with Gasteiger partial charge in [-0.2, -0.15) is 0 Å². The molecule has 0 aliphatic carbocycles. The van der Waals surface area contributed by atoms with E-state index in [1.165, 1.54) is 45.2 Å². The van der Waals surface area contributed by atoms with Crippen LogP contribution in [0.25, 0.3) is 0 Å². The third-order valence-electron chi connectivity index (χ3n) is 6.52. The van der Waals surface area contributed by atoms with Crippen molar-refractivity contribution in [1.82, 2.24) is 0 Å². The van der Waals surface area contributed by atoms with Crippen LogP contribution >= 0.6 is 0 Å². The molecule has 0 unspecified atom stereocenters. The first-order valence-electron chi connectivity index (χ1n) is 14.7. The van der Waals surface area contributed by atoms with Gasteiger partial charge in [-0.25, -0.2) is 4.79 Å². The smallest absolute Gasteiger partial charge is 0.338 e. The van der Waals surface area contributed by atoms with Gasteiger partial charge in [-0.05, 0) is 17.7 Å². The molecule has 3 aromatic carbocycles. The van der Waals surface area contributed by atoms with Gasteiger partial charge in [0.05, 0.1) is 18.8 Å². The number of esters is 5. The molecule has 0 saturated heterocycles. The van der Waals surface area contributed by atoms with E-state index in [2.05, 4.69) is 0 Å². The Bertz CT molecular complexity index is 1630. The Kier molecular flexibility index (Phi) is 12.1. The Morgan fingerprint density at radius 3 is 1.94 bits per heavy atom. The molecule has 0 aromatic heterocycles. The number of methoxy groups -OCH3 is 1. The van der Waals surface area contributed by atoms with E-state index in [0.29, 0.717) is 11.1 Å². The lowest BCUT2D eigenvalue weighted by atomic mass is 9.93. The number of fused-ring (bicyclic) bond motifs is 1. The summed E-state index contributed by atoms with van der Waals surface area (Å²) < 4.78 is 49.4. The van der Waals surface area contributed by atoms with Gasteiger partial charge in [0.15, 0.2) is 24.4 Å². The molecule has 0 bridgehead atoms. The molecule has 254 valence electrons. The third kappa shape index (κ3) is 9.53. The van der Waals surface area contributed by atoms with Crippen LogP contribution in [0.3, 0.4) is 0 Å². The molecule has 0 spiro atoms. The van der Waals surface area contributed by atoms with Gasteiger partial charge in [-0.15, -0.1) is 0 Å². The van der Waals surface area contributed by atoms with Crippen molar-refractivity contribution in [3.63, 3.8) is 0 Å². The van der Waals surface area contributed by atoms with Gasteiger partial charge in [0.25, 0.3) is 0 Å². The first-order chi connectivity index (χ1) is 22.9. The number of carbonyl (C=O) groups is 5. The van der Waals surface area contributed by atoms with Gasteiger partial charge >= 0.3 is 29.8 Å². The zero-order valence-corrected chi connectivity index (χ0v) is 26.9. The summed E-state index contributed by atoms with van der Waals surface area (Å²) in [5.41, 5.74) is 0.869. The van der Waals surface area contributed by atoms with Gasteiger partial charge in [-0.3, -0.25) is 19.2 Å². The summed E-state index contributed by atoms with van der Waals surface area (Å²) in [7, 11) is 1.50. The van der Waals surface area contributed by atoms with Crippen molar-refractivity contribution in [2.45, 2.75) is 46.3 Å². The molecule has 1 aliphatic heterocycles. The average molecular weight is 667 g/mol. The topological polar surface area (TPSA) is 168 Å². The van der Waals surface area contributed by atoms with Crippen molar-refractivity contribution in [3.8, 4) is 34.5 Å². The van der Waals surface area contributed by atoms with Crippen molar-refractivity contribution in [1.29, 1.82) is 0 Å². The van der Waals surface area contributed by atoms with Crippen LogP contribution in [0.5, 0.6) is 34.5 Å². The van der Waals surface area contributed by atoms with E-state index in [0.717, 1.165) is 13.8 Å². The summed E-state index contributed by atoms with van der Waals surface area (Å²) in [5, 5.41) is 0. The zero-order chi connectivity index (χ0) is 34.8. The second kappa shape index (κ2) is 16.4. The van der Waals surface area contributed by atoms with Crippen LogP contribution in [-0.4, -0.2) is 63.1 Å². The molecule has 48 heavy (non-hydrogen) atoms. The summed E-state index contributed by atoms with van der Waals surface area (Å²) in [5.74, 6) is -3.87. The van der Waals surface area contributed by atoms with Crippen LogP contribution in [0.4, 0.5) is 0 Å². The maximum atomic E-state index is 13.8. The van der Waals surface area contributed by atoms with Gasteiger partial charge in [0, 0.05) is 58.9 Å². The Labute approximate surface area is 275 Å². The monoisotopic (exact) mass is 666 g/mol. The second-order valence-electron chi connectivity index (χ2n) is 10.3. The highest BCUT2D eigenvalue weighted by Crippen LogP contribution is 2.45. The quantitative estimate of drug-likeness (QED) is 0.110. The lowest BCUT2D eigenvalue weighted by Gasteiger charge is -2.34. The summed E-state index contributed by atoms with van der Waals surface area (Å²) in [6, 6.07) is 14.2. The second-order valence-corrected chi connectivity index (χ2v) is 10.3. The SMILES string of the molecule is COCCOCOc1c(OC(C)=O)cc(C(=O)O[C@@H]2Cc3c(OC(C)=O)cc(OC(C)=O)cc3O[C@@H]2c2ccccc2)cc1OC(C)=O. The number of benzene rings is 3. The lowest BCUT2D eigenvalue weighted by Crippen LogP contribution is -2.35. The number of rotatable bonds is 13. The fourth-order valence-corrected chi connectivity index (χ4v) is 4.73. The minimum atomic E-state index is -0.999. The molecule has 1 aliphatic rings. The van der Waals surface area contributed by atoms with Crippen molar-refractivity contribution < 1.29 is 66.6 Å². The predicted molar refractivity (Wildman–Crippen MR) is 164 cm³/mol. The zero-order valence-electron chi connectivity index (χ0n) is 26.9. The van der Waals surface area contributed by atoms with Gasteiger partial charge in [0.2, 0.25) is 5.75 Å². The van der Waals surface area contributed by atoms with Crippen LogP contribution in [-0.2, 0) is 39.8 Å². The lowest BCUT2D eigenvalue weighted by molar-refractivity contribution is -0.133. The summed E-state index contributed by atoms with van der Waals surface area (Å²) >= 11 is 0. The summed E-state index contributed by atoms with van der Waals surface area (Å²) in [6.45, 7) is 4.87. The van der Waals surface area contributed by atoms with Crippen molar-refractivity contribution in [2.24, 2.45) is 0 Å². The molecule has 0 N–H and O–H groups in total. The maximum Gasteiger partial charge on any atom is 0.338 e. The van der Waals surface area contributed by atoms with Crippen LogP contribution < -0.4 is 28.4 Å². The van der Waals surface area contributed by atoms with Crippen molar-refractivity contribution >= 4 is 29.8 Å². The number of hydrogen-bond donors (Lipinski definition) is 0. The maximum absolute atomic E-state index is 13.8. The molecule has 4 rings (SSSR count). The molecule has 1 heterocycles. The predicted octanol–water partition coefficient (Wildman–Crippen LogP) is 4.29. The summed E-state index contributed by atoms with van der Waals surface area (Å²) in [6.07, 6.45) is -1.86. The Balaban J connectivity index is 1.73. The van der Waals surface area contributed by atoms with Gasteiger partial charge in [0.1, 0.15) is 23.4 Å². The van der Waals surface area contributed by atoms with E-state index in [4.69, 9.17) is 42.6 Å². The van der Waals surface area contributed by atoms with E-state index < -0.39 is 42.1 Å². The molecule has 2 atom stereocenters. The van der Waals surface area contributed by atoms with Gasteiger partial charge in [-0.1, -0.05) is 30.3 Å². The summed E-state index contributed by atoms with van der Waals surface area (Å²) in [4.78, 5) is 61.4. The van der Waals surface area contributed by atoms with Crippen molar-refractivity contribution in [3.05, 3.63) is 71.3 Å². The molecule has 0 fully saturated rings. The molecular weight excluding hydrogens is 632 g/mol. The Morgan fingerprint density at radius 1 is 0.750 bits per heavy atom.